The van der Waals surface area contributed by atoms with Crippen molar-refractivity contribution in [3.05, 3.63) is 15.6 Å². The van der Waals surface area contributed by atoms with Gasteiger partial charge >= 0.3 is 5.97 Å². The van der Waals surface area contributed by atoms with E-state index >= 15 is 0 Å². The molecule has 0 unspecified atom stereocenters. The van der Waals surface area contributed by atoms with Crippen molar-refractivity contribution in [3.8, 4) is 0 Å². The van der Waals surface area contributed by atoms with E-state index in [9.17, 15) is 4.79 Å². The van der Waals surface area contributed by atoms with Gasteiger partial charge in [-0.05, 0) is 13.3 Å². The van der Waals surface area contributed by atoms with Crippen LogP contribution < -0.4 is 0 Å². The normalized spacial score (nSPS) is 10.2. The molecule has 0 saturated carbocycles. The minimum Gasteiger partial charge on any atom is -0.481 e. The number of thiazole rings is 1. The molecule has 1 N–H and O–H groups in total. The molecule has 0 aliphatic heterocycles. The summed E-state index contributed by atoms with van der Waals surface area (Å²) in [4.78, 5) is 15.5. The molecule has 0 spiro atoms. The summed E-state index contributed by atoms with van der Waals surface area (Å²) in [6, 6.07) is 0. The zero-order valence-corrected chi connectivity index (χ0v) is 7.94. The summed E-state index contributed by atoms with van der Waals surface area (Å²) in [5.41, 5.74) is 0.860. The number of aromatic nitrogens is 1. The lowest BCUT2D eigenvalue weighted by Crippen LogP contribution is -1.99. The van der Waals surface area contributed by atoms with E-state index in [4.69, 9.17) is 5.11 Å². The van der Waals surface area contributed by atoms with Crippen LogP contribution in [0.1, 0.15) is 22.5 Å². The maximum Gasteiger partial charge on any atom is 0.308 e. The second-order valence-electron chi connectivity index (χ2n) is 2.54. The Bertz CT molecular complexity index is 293. The number of carboxylic acids is 1. The third kappa shape index (κ3) is 2.04. The summed E-state index contributed by atoms with van der Waals surface area (Å²) in [6.07, 6.45) is 0.981. The van der Waals surface area contributed by atoms with Crippen molar-refractivity contribution in [3.63, 3.8) is 0 Å². The summed E-state index contributed by atoms with van der Waals surface area (Å²) in [5, 5.41) is 9.57. The van der Waals surface area contributed by atoms with E-state index in [-0.39, 0.29) is 6.42 Å². The van der Waals surface area contributed by atoms with Gasteiger partial charge in [0.05, 0.1) is 17.1 Å². The second-order valence-corrected chi connectivity index (χ2v) is 3.71. The minimum absolute atomic E-state index is 0.101. The molecular formula is C8H11NO2S. The van der Waals surface area contributed by atoms with E-state index in [2.05, 4.69) is 4.98 Å². The molecule has 1 rings (SSSR count). The fourth-order valence-electron chi connectivity index (χ4n) is 0.941. The van der Waals surface area contributed by atoms with Crippen LogP contribution in [0.5, 0.6) is 0 Å². The lowest BCUT2D eigenvalue weighted by Gasteiger charge is -1.89. The molecule has 0 aliphatic carbocycles. The molecule has 0 aromatic carbocycles. The van der Waals surface area contributed by atoms with E-state index < -0.39 is 5.97 Å². The number of hydrogen-bond donors (Lipinski definition) is 1. The quantitative estimate of drug-likeness (QED) is 0.778. The molecule has 0 fully saturated rings. The van der Waals surface area contributed by atoms with Crippen molar-refractivity contribution in [2.75, 3.05) is 0 Å². The van der Waals surface area contributed by atoms with Gasteiger partial charge in [-0.25, -0.2) is 4.98 Å². The topological polar surface area (TPSA) is 50.2 Å². The lowest BCUT2D eigenvalue weighted by atomic mass is 10.3. The summed E-state index contributed by atoms with van der Waals surface area (Å²) < 4.78 is 0. The Morgan fingerprint density at radius 1 is 1.67 bits per heavy atom. The van der Waals surface area contributed by atoms with Crippen molar-refractivity contribution in [2.45, 2.75) is 26.7 Å². The number of aryl methyl sites for hydroxylation is 2. The van der Waals surface area contributed by atoms with Gasteiger partial charge in [0, 0.05) is 4.88 Å². The molecule has 12 heavy (non-hydrogen) atoms. The first-order chi connectivity index (χ1) is 5.63. The van der Waals surface area contributed by atoms with Crippen LogP contribution in [-0.4, -0.2) is 16.1 Å². The highest BCUT2D eigenvalue weighted by Gasteiger charge is 2.09. The maximum atomic E-state index is 10.4. The Kier molecular flexibility index (Phi) is 2.81. The molecule has 1 heterocycles. The SMILES string of the molecule is CCc1nc(C)c(CC(=O)O)s1. The molecule has 1 aromatic rings. The Balaban J connectivity index is 2.84. The first-order valence-electron chi connectivity index (χ1n) is 3.80. The third-order valence-corrected chi connectivity index (χ3v) is 2.85. The van der Waals surface area contributed by atoms with Crippen LogP contribution in [0.4, 0.5) is 0 Å². The Morgan fingerprint density at radius 2 is 2.33 bits per heavy atom. The number of rotatable bonds is 3. The van der Waals surface area contributed by atoms with E-state index in [0.29, 0.717) is 0 Å². The standard InChI is InChI=1S/C8H11NO2S/c1-3-7-9-5(2)6(12-7)4-8(10)11/h3-4H2,1-2H3,(H,10,11). The van der Waals surface area contributed by atoms with Crippen LogP contribution >= 0.6 is 11.3 Å². The van der Waals surface area contributed by atoms with Crippen LogP contribution in [-0.2, 0) is 17.6 Å². The maximum absolute atomic E-state index is 10.4. The molecule has 0 bridgehead atoms. The Labute approximate surface area is 75.1 Å². The number of hydrogen-bond acceptors (Lipinski definition) is 3. The van der Waals surface area contributed by atoms with Crippen LogP contribution in [0, 0.1) is 6.92 Å². The average molecular weight is 185 g/mol. The van der Waals surface area contributed by atoms with Gasteiger partial charge < -0.3 is 5.11 Å². The smallest absolute Gasteiger partial charge is 0.308 e. The summed E-state index contributed by atoms with van der Waals surface area (Å²) >= 11 is 1.50. The zero-order chi connectivity index (χ0) is 9.14. The Morgan fingerprint density at radius 3 is 2.75 bits per heavy atom. The molecule has 1 aromatic heterocycles. The van der Waals surface area contributed by atoms with E-state index in [1.54, 1.807) is 0 Å². The van der Waals surface area contributed by atoms with Gasteiger partial charge in [-0.1, -0.05) is 6.92 Å². The van der Waals surface area contributed by atoms with Gasteiger partial charge in [0.1, 0.15) is 0 Å². The molecule has 0 aliphatic rings. The molecule has 0 radical (unpaired) electrons. The fourth-order valence-corrected chi connectivity index (χ4v) is 1.94. The van der Waals surface area contributed by atoms with Crippen molar-refractivity contribution in [1.29, 1.82) is 0 Å². The van der Waals surface area contributed by atoms with Gasteiger partial charge in [-0.15, -0.1) is 11.3 Å². The van der Waals surface area contributed by atoms with E-state index in [1.165, 1.54) is 11.3 Å². The van der Waals surface area contributed by atoms with Gasteiger partial charge in [-0.3, -0.25) is 4.79 Å². The first-order valence-corrected chi connectivity index (χ1v) is 4.62. The molecule has 3 nitrogen and oxygen atoms in total. The lowest BCUT2D eigenvalue weighted by molar-refractivity contribution is -0.136. The molecule has 4 heteroatoms. The highest BCUT2D eigenvalue weighted by atomic mass is 32.1. The summed E-state index contributed by atoms with van der Waals surface area (Å²) in [5.74, 6) is -0.788. The first kappa shape index (κ1) is 9.19. The van der Waals surface area contributed by atoms with Gasteiger partial charge in [0.15, 0.2) is 0 Å². The molecule has 0 saturated heterocycles. The second kappa shape index (κ2) is 3.67. The molecule has 0 amide bonds. The predicted octanol–water partition coefficient (Wildman–Crippen LogP) is 1.64. The van der Waals surface area contributed by atoms with Crippen LogP contribution in [0.3, 0.4) is 0 Å². The third-order valence-electron chi connectivity index (χ3n) is 1.55. The number of carboxylic acid groups (broad SMARTS) is 1. The summed E-state index contributed by atoms with van der Waals surface area (Å²) in [6.45, 7) is 3.87. The minimum atomic E-state index is -0.788. The average Bonchev–Trinajstić information content (AvgIpc) is 2.31. The van der Waals surface area contributed by atoms with Crippen molar-refractivity contribution in [1.82, 2.24) is 4.98 Å². The van der Waals surface area contributed by atoms with Gasteiger partial charge in [0.25, 0.3) is 0 Å². The van der Waals surface area contributed by atoms with Crippen LogP contribution in [0.2, 0.25) is 0 Å². The monoisotopic (exact) mass is 185 g/mol. The largest absolute Gasteiger partial charge is 0.481 e. The van der Waals surface area contributed by atoms with E-state index in [0.717, 1.165) is 22.0 Å². The van der Waals surface area contributed by atoms with Crippen molar-refractivity contribution >= 4 is 17.3 Å². The van der Waals surface area contributed by atoms with Crippen molar-refractivity contribution < 1.29 is 9.90 Å². The highest BCUT2D eigenvalue weighted by Crippen LogP contribution is 2.18. The van der Waals surface area contributed by atoms with Crippen LogP contribution in [0.15, 0.2) is 0 Å². The van der Waals surface area contributed by atoms with Gasteiger partial charge in [0.2, 0.25) is 0 Å². The fraction of sp³-hybridized carbons (Fsp3) is 0.500. The molecular weight excluding hydrogens is 174 g/mol. The van der Waals surface area contributed by atoms with Gasteiger partial charge in [-0.2, -0.15) is 0 Å². The van der Waals surface area contributed by atoms with Crippen LogP contribution in [0.25, 0.3) is 0 Å². The number of nitrogens with zero attached hydrogens (tertiary/aromatic N) is 1. The molecule has 0 atom stereocenters. The number of aliphatic carboxylic acids is 1. The molecule has 66 valence electrons. The Hall–Kier alpha value is -0.900. The number of carbonyl (C=O) groups is 1. The highest BCUT2D eigenvalue weighted by molar-refractivity contribution is 7.11. The summed E-state index contributed by atoms with van der Waals surface area (Å²) in [7, 11) is 0. The van der Waals surface area contributed by atoms with E-state index in [1.807, 2.05) is 13.8 Å². The predicted molar refractivity (Wildman–Crippen MR) is 47.6 cm³/mol. The zero-order valence-electron chi connectivity index (χ0n) is 7.13. The van der Waals surface area contributed by atoms with Crippen molar-refractivity contribution in [2.24, 2.45) is 0 Å².